The van der Waals surface area contributed by atoms with Gasteiger partial charge in [-0.1, -0.05) is 13.8 Å². The predicted octanol–water partition coefficient (Wildman–Crippen LogP) is 0.666. The quantitative estimate of drug-likeness (QED) is 0.788. The molecule has 0 atom stereocenters. The Labute approximate surface area is 112 Å². The van der Waals surface area contributed by atoms with Gasteiger partial charge in [0.1, 0.15) is 5.69 Å². The molecule has 1 rings (SSSR count). The molecule has 1 heterocycles. The van der Waals surface area contributed by atoms with E-state index in [0.717, 1.165) is 6.42 Å². The Bertz CT molecular complexity index is 468. The SMILES string of the molecule is COCCn1nc(C(=O)NCCC(C)C)ccc1=O. The number of hydrogen-bond acceptors (Lipinski definition) is 4. The molecule has 0 unspecified atom stereocenters. The smallest absolute Gasteiger partial charge is 0.271 e. The molecule has 0 aliphatic rings. The second kappa shape index (κ2) is 7.68. The Hall–Kier alpha value is -1.69. The molecule has 0 saturated heterocycles. The van der Waals surface area contributed by atoms with Crippen LogP contribution >= 0.6 is 0 Å². The number of methoxy groups -OCH3 is 1. The Morgan fingerprint density at radius 1 is 1.47 bits per heavy atom. The van der Waals surface area contributed by atoms with Crippen LogP contribution in [0.4, 0.5) is 0 Å². The number of rotatable bonds is 7. The van der Waals surface area contributed by atoms with Crippen molar-refractivity contribution >= 4 is 5.91 Å². The summed E-state index contributed by atoms with van der Waals surface area (Å²) in [5, 5.41) is 6.80. The third-order valence-corrected chi connectivity index (χ3v) is 2.61. The highest BCUT2D eigenvalue weighted by molar-refractivity contribution is 5.91. The summed E-state index contributed by atoms with van der Waals surface area (Å²) in [6.07, 6.45) is 0.912. The van der Waals surface area contributed by atoms with Gasteiger partial charge in [0, 0.05) is 19.7 Å². The van der Waals surface area contributed by atoms with Crippen molar-refractivity contribution in [1.29, 1.82) is 0 Å². The van der Waals surface area contributed by atoms with Crippen molar-refractivity contribution in [2.45, 2.75) is 26.8 Å². The normalized spacial score (nSPS) is 10.7. The van der Waals surface area contributed by atoms with Gasteiger partial charge in [0.15, 0.2) is 0 Å². The third kappa shape index (κ3) is 5.21. The van der Waals surface area contributed by atoms with Gasteiger partial charge in [-0.25, -0.2) is 4.68 Å². The first-order valence-electron chi connectivity index (χ1n) is 6.40. The molecule has 106 valence electrons. The van der Waals surface area contributed by atoms with Gasteiger partial charge in [-0.05, 0) is 18.4 Å². The summed E-state index contributed by atoms with van der Waals surface area (Å²) in [6.45, 7) is 5.51. The molecule has 6 heteroatoms. The molecule has 0 aromatic carbocycles. The predicted molar refractivity (Wildman–Crippen MR) is 72.2 cm³/mol. The molecule has 19 heavy (non-hydrogen) atoms. The van der Waals surface area contributed by atoms with Crippen molar-refractivity contribution < 1.29 is 9.53 Å². The Morgan fingerprint density at radius 2 is 2.21 bits per heavy atom. The van der Waals surface area contributed by atoms with Gasteiger partial charge in [0.05, 0.1) is 13.2 Å². The highest BCUT2D eigenvalue weighted by Gasteiger charge is 2.09. The van der Waals surface area contributed by atoms with Gasteiger partial charge in [-0.15, -0.1) is 0 Å². The first kappa shape index (κ1) is 15.4. The molecular formula is C13H21N3O3. The maximum Gasteiger partial charge on any atom is 0.271 e. The molecule has 1 N–H and O–H groups in total. The van der Waals surface area contributed by atoms with Gasteiger partial charge in [0.25, 0.3) is 11.5 Å². The second-order valence-corrected chi connectivity index (χ2v) is 4.71. The Morgan fingerprint density at radius 3 is 2.84 bits per heavy atom. The summed E-state index contributed by atoms with van der Waals surface area (Å²) in [7, 11) is 1.55. The zero-order valence-corrected chi connectivity index (χ0v) is 11.7. The standard InChI is InChI=1S/C13H21N3O3/c1-10(2)6-7-14-13(18)11-4-5-12(17)16(15-11)8-9-19-3/h4-5,10H,6-9H2,1-3H3,(H,14,18). The second-order valence-electron chi connectivity index (χ2n) is 4.71. The molecule has 0 fully saturated rings. The molecule has 0 saturated carbocycles. The van der Waals surface area contributed by atoms with Crippen molar-refractivity contribution in [2.24, 2.45) is 5.92 Å². The molecule has 0 spiro atoms. The third-order valence-electron chi connectivity index (χ3n) is 2.61. The zero-order chi connectivity index (χ0) is 14.3. The van der Waals surface area contributed by atoms with Crippen molar-refractivity contribution in [3.8, 4) is 0 Å². The molecule has 0 aliphatic heterocycles. The average molecular weight is 267 g/mol. The topological polar surface area (TPSA) is 73.2 Å². The molecule has 0 radical (unpaired) electrons. The lowest BCUT2D eigenvalue weighted by Gasteiger charge is -2.08. The largest absolute Gasteiger partial charge is 0.383 e. The van der Waals surface area contributed by atoms with Crippen LogP contribution in [-0.2, 0) is 11.3 Å². The molecule has 1 aromatic heterocycles. The zero-order valence-electron chi connectivity index (χ0n) is 11.7. The van der Waals surface area contributed by atoms with Crippen LogP contribution in [0.15, 0.2) is 16.9 Å². The first-order chi connectivity index (χ1) is 9.04. The molecule has 1 amide bonds. The van der Waals surface area contributed by atoms with Crippen LogP contribution in [0.2, 0.25) is 0 Å². The number of amides is 1. The van der Waals surface area contributed by atoms with Gasteiger partial charge in [-0.2, -0.15) is 5.10 Å². The van der Waals surface area contributed by atoms with E-state index >= 15 is 0 Å². The van der Waals surface area contributed by atoms with E-state index < -0.39 is 0 Å². The Balaban J connectivity index is 2.67. The highest BCUT2D eigenvalue weighted by Crippen LogP contribution is 1.97. The van der Waals surface area contributed by atoms with Gasteiger partial charge >= 0.3 is 0 Å². The maximum absolute atomic E-state index is 11.8. The fraction of sp³-hybridized carbons (Fsp3) is 0.615. The number of carbonyl (C=O) groups is 1. The average Bonchev–Trinajstić information content (AvgIpc) is 2.37. The van der Waals surface area contributed by atoms with Crippen molar-refractivity contribution in [1.82, 2.24) is 15.1 Å². The van der Waals surface area contributed by atoms with E-state index in [0.29, 0.717) is 25.6 Å². The van der Waals surface area contributed by atoms with Crippen LogP contribution in [0, 0.1) is 5.92 Å². The molecule has 0 bridgehead atoms. The van der Waals surface area contributed by atoms with Crippen molar-refractivity contribution in [3.63, 3.8) is 0 Å². The van der Waals surface area contributed by atoms with E-state index in [1.807, 2.05) is 0 Å². The lowest BCUT2D eigenvalue weighted by Crippen LogP contribution is -2.31. The van der Waals surface area contributed by atoms with Gasteiger partial charge in [-0.3, -0.25) is 9.59 Å². The van der Waals surface area contributed by atoms with E-state index in [-0.39, 0.29) is 17.2 Å². The van der Waals surface area contributed by atoms with E-state index in [4.69, 9.17) is 4.74 Å². The maximum atomic E-state index is 11.8. The lowest BCUT2D eigenvalue weighted by atomic mass is 10.1. The summed E-state index contributed by atoms with van der Waals surface area (Å²) in [6, 6.07) is 2.79. The van der Waals surface area contributed by atoms with Crippen LogP contribution in [0.1, 0.15) is 30.8 Å². The van der Waals surface area contributed by atoms with Crippen molar-refractivity contribution in [2.75, 3.05) is 20.3 Å². The number of nitrogens with one attached hydrogen (secondary N) is 1. The number of ether oxygens (including phenoxy) is 1. The van der Waals surface area contributed by atoms with Crippen LogP contribution < -0.4 is 10.9 Å². The summed E-state index contributed by atoms with van der Waals surface area (Å²) >= 11 is 0. The van der Waals surface area contributed by atoms with Crippen LogP contribution in [-0.4, -0.2) is 35.9 Å². The minimum atomic E-state index is -0.258. The van der Waals surface area contributed by atoms with E-state index in [1.54, 1.807) is 7.11 Å². The van der Waals surface area contributed by atoms with E-state index in [2.05, 4.69) is 24.3 Å². The number of nitrogens with zero attached hydrogens (tertiary/aromatic N) is 2. The first-order valence-corrected chi connectivity index (χ1v) is 6.40. The lowest BCUT2D eigenvalue weighted by molar-refractivity contribution is 0.0943. The summed E-state index contributed by atoms with van der Waals surface area (Å²) < 4.78 is 6.13. The molecule has 1 aromatic rings. The van der Waals surface area contributed by atoms with E-state index in [9.17, 15) is 9.59 Å². The summed E-state index contributed by atoms with van der Waals surface area (Å²) in [5.74, 6) is 0.274. The molecular weight excluding hydrogens is 246 g/mol. The summed E-state index contributed by atoms with van der Waals surface area (Å²) in [4.78, 5) is 23.4. The minimum absolute atomic E-state index is 0.240. The highest BCUT2D eigenvalue weighted by atomic mass is 16.5. The van der Waals surface area contributed by atoms with Crippen molar-refractivity contribution in [3.05, 3.63) is 28.2 Å². The van der Waals surface area contributed by atoms with E-state index in [1.165, 1.54) is 16.8 Å². The number of hydrogen-bond donors (Lipinski definition) is 1. The van der Waals surface area contributed by atoms with Gasteiger partial charge in [0.2, 0.25) is 0 Å². The van der Waals surface area contributed by atoms with Crippen LogP contribution in [0.5, 0.6) is 0 Å². The monoisotopic (exact) mass is 267 g/mol. The van der Waals surface area contributed by atoms with Crippen LogP contribution in [0.25, 0.3) is 0 Å². The fourth-order valence-corrected chi connectivity index (χ4v) is 1.47. The minimum Gasteiger partial charge on any atom is -0.383 e. The van der Waals surface area contributed by atoms with Gasteiger partial charge < -0.3 is 10.1 Å². The number of carbonyl (C=O) groups excluding carboxylic acids is 1. The fourth-order valence-electron chi connectivity index (χ4n) is 1.47. The molecule has 0 aliphatic carbocycles. The molecule has 6 nitrogen and oxygen atoms in total. The summed E-state index contributed by atoms with van der Waals surface area (Å²) in [5.41, 5.74) is 0.00948. The van der Waals surface area contributed by atoms with Crippen LogP contribution in [0.3, 0.4) is 0 Å². The Kier molecular flexibility index (Phi) is 6.21. The number of aromatic nitrogens is 2.